The van der Waals surface area contributed by atoms with Crippen molar-refractivity contribution in [3.05, 3.63) is 33.4 Å². The molecule has 0 saturated carbocycles. The fourth-order valence-electron chi connectivity index (χ4n) is 1.30. The summed E-state index contributed by atoms with van der Waals surface area (Å²) in [6, 6.07) is 3.94. The standard InChI is InChI=1S/C10H7BrN2O4/c1-17-10-6(5-12)2-7(13(15)16)3-8(10)9(14)4-11/h2-3H,4H2,1H3. The highest BCUT2D eigenvalue weighted by Gasteiger charge is 2.21. The van der Waals surface area contributed by atoms with Crippen LogP contribution in [0.25, 0.3) is 0 Å². The number of ketones is 1. The number of nitriles is 1. The van der Waals surface area contributed by atoms with Gasteiger partial charge in [-0.3, -0.25) is 14.9 Å². The average Bonchev–Trinajstić information content (AvgIpc) is 2.35. The highest BCUT2D eigenvalue weighted by molar-refractivity contribution is 9.09. The summed E-state index contributed by atoms with van der Waals surface area (Å²) in [7, 11) is 1.30. The van der Waals surface area contributed by atoms with E-state index in [0.717, 1.165) is 12.1 Å². The maximum absolute atomic E-state index is 11.6. The number of alkyl halides is 1. The molecule has 6 nitrogen and oxygen atoms in total. The van der Waals surface area contributed by atoms with Crippen LogP contribution >= 0.6 is 15.9 Å². The van der Waals surface area contributed by atoms with Crippen LogP contribution in [-0.2, 0) is 0 Å². The van der Waals surface area contributed by atoms with Crippen LogP contribution in [0.2, 0.25) is 0 Å². The molecular weight excluding hydrogens is 292 g/mol. The Bertz CT molecular complexity index is 522. The number of halogens is 1. The van der Waals surface area contributed by atoms with Crippen molar-refractivity contribution in [1.82, 2.24) is 0 Å². The summed E-state index contributed by atoms with van der Waals surface area (Å²) in [5.74, 6) is -0.329. The summed E-state index contributed by atoms with van der Waals surface area (Å²) in [5, 5.41) is 19.5. The lowest BCUT2D eigenvalue weighted by atomic mass is 10.1. The highest BCUT2D eigenvalue weighted by Crippen LogP contribution is 2.29. The monoisotopic (exact) mass is 298 g/mol. The van der Waals surface area contributed by atoms with Crippen LogP contribution in [0.5, 0.6) is 5.75 Å². The number of carbonyl (C=O) groups excluding carboxylic acids is 1. The van der Waals surface area contributed by atoms with Gasteiger partial charge in [0.2, 0.25) is 0 Å². The first-order valence-corrected chi connectivity index (χ1v) is 5.53. The Morgan fingerprint density at radius 1 is 1.65 bits per heavy atom. The van der Waals surface area contributed by atoms with Crippen LogP contribution in [0.3, 0.4) is 0 Å². The van der Waals surface area contributed by atoms with Crippen molar-refractivity contribution in [2.75, 3.05) is 12.4 Å². The highest BCUT2D eigenvalue weighted by atomic mass is 79.9. The number of carbonyl (C=O) groups is 1. The van der Waals surface area contributed by atoms with E-state index in [-0.39, 0.29) is 33.7 Å². The van der Waals surface area contributed by atoms with Crippen LogP contribution in [-0.4, -0.2) is 23.1 Å². The number of non-ortho nitro benzene ring substituents is 1. The predicted octanol–water partition coefficient (Wildman–Crippen LogP) is 2.05. The van der Waals surface area contributed by atoms with Gasteiger partial charge in [0.05, 0.1) is 22.9 Å². The first-order valence-electron chi connectivity index (χ1n) is 4.40. The minimum absolute atomic E-state index is 0.00457. The largest absolute Gasteiger partial charge is 0.495 e. The van der Waals surface area contributed by atoms with Crippen molar-refractivity contribution in [1.29, 1.82) is 5.26 Å². The fourth-order valence-corrected chi connectivity index (χ4v) is 1.60. The van der Waals surface area contributed by atoms with Gasteiger partial charge < -0.3 is 4.74 Å². The molecule has 0 aliphatic rings. The van der Waals surface area contributed by atoms with Gasteiger partial charge in [-0.15, -0.1) is 0 Å². The maximum Gasteiger partial charge on any atom is 0.271 e. The van der Waals surface area contributed by atoms with Crippen molar-refractivity contribution < 1.29 is 14.5 Å². The lowest BCUT2D eigenvalue weighted by Gasteiger charge is -2.07. The van der Waals surface area contributed by atoms with Gasteiger partial charge in [-0.25, -0.2) is 0 Å². The third-order valence-electron chi connectivity index (χ3n) is 2.03. The van der Waals surface area contributed by atoms with Crippen LogP contribution in [0.4, 0.5) is 5.69 Å². The zero-order chi connectivity index (χ0) is 13.0. The molecule has 0 radical (unpaired) electrons. The van der Waals surface area contributed by atoms with Crippen molar-refractivity contribution in [3.63, 3.8) is 0 Å². The number of nitrogens with zero attached hydrogens (tertiary/aromatic N) is 2. The molecule has 0 unspecified atom stereocenters. The van der Waals surface area contributed by atoms with Crippen LogP contribution < -0.4 is 4.74 Å². The van der Waals surface area contributed by atoms with E-state index in [1.165, 1.54) is 7.11 Å². The minimum atomic E-state index is -0.661. The topological polar surface area (TPSA) is 93.2 Å². The molecule has 0 heterocycles. The van der Waals surface area contributed by atoms with E-state index >= 15 is 0 Å². The molecule has 0 aliphatic carbocycles. The van der Waals surface area contributed by atoms with E-state index in [9.17, 15) is 14.9 Å². The first-order chi connectivity index (χ1) is 8.04. The zero-order valence-corrected chi connectivity index (χ0v) is 10.4. The van der Waals surface area contributed by atoms with Gasteiger partial charge in [0.1, 0.15) is 17.4 Å². The predicted molar refractivity (Wildman–Crippen MR) is 62.5 cm³/mol. The van der Waals surface area contributed by atoms with Gasteiger partial charge in [0.15, 0.2) is 5.78 Å². The number of Topliss-reactive ketones (excluding diaryl/α,β-unsaturated/α-hetero) is 1. The molecule has 0 aliphatic heterocycles. The number of methoxy groups -OCH3 is 1. The Balaban J connectivity index is 3.55. The first kappa shape index (κ1) is 13.1. The van der Waals surface area contributed by atoms with Crippen molar-refractivity contribution in [2.24, 2.45) is 0 Å². The third-order valence-corrected chi connectivity index (χ3v) is 2.54. The molecule has 17 heavy (non-hydrogen) atoms. The maximum atomic E-state index is 11.6. The Hall–Kier alpha value is -1.94. The number of nitro benzene ring substituents is 1. The summed E-state index contributed by atoms with van der Waals surface area (Å²) in [4.78, 5) is 21.6. The van der Waals surface area contributed by atoms with Crippen molar-refractivity contribution in [3.8, 4) is 11.8 Å². The molecule has 0 aromatic heterocycles. The van der Waals surface area contributed by atoms with E-state index < -0.39 is 4.92 Å². The Morgan fingerprint density at radius 3 is 2.71 bits per heavy atom. The quantitative estimate of drug-likeness (QED) is 0.367. The van der Waals surface area contributed by atoms with Gasteiger partial charge in [-0.2, -0.15) is 5.26 Å². The van der Waals surface area contributed by atoms with Crippen LogP contribution in [0.1, 0.15) is 15.9 Å². The molecular formula is C10H7BrN2O4. The van der Waals surface area contributed by atoms with E-state index in [0.29, 0.717) is 0 Å². The van der Waals surface area contributed by atoms with E-state index in [1.54, 1.807) is 6.07 Å². The van der Waals surface area contributed by atoms with Gasteiger partial charge in [0.25, 0.3) is 5.69 Å². The van der Waals surface area contributed by atoms with Gasteiger partial charge in [-0.05, 0) is 0 Å². The van der Waals surface area contributed by atoms with Crippen LogP contribution in [0, 0.1) is 21.4 Å². The van der Waals surface area contributed by atoms with Gasteiger partial charge in [-0.1, -0.05) is 15.9 Å². The molecule has 0 saturated heterocycles. The minimum Gasteiger partial charge on any atom is -0.495 e. The molecule has 0 bridgehead atoms. The fraction of sp³-hybridized carbons (Fsp3) is 0.200. The lowest BCUT2D eigenvalue weighted by Crippen LogP contribution is -2.06. The second kappa shape index (κ2) is 5.41. The number of hydrogen-bond donors (Lipinski definition) is 0. The summed E-state index contributed by atoms with van der Waals surface area (Å²) in [6.45, 7) is 0. The third kappa shape index (κ3) is 2.60. The lowest BCUT2D eigenvalue weighted by molar-refractivity contribution is -0.384. The molecule has 1 aromatic rings. The molecule has 7 heteroatoms. The second-order valence-electron chi connectivity index (χ2n) is 3.00. The Labute approximate surface area is 105 Å². The SMILES string of the molecule is COc1c(C#N)cc([N+](=O)[O-])cc1C(=O)CBr. The molecule has 0 atom stereocenters. The Morgan fingerprint density at radius 2 is 2.29 bits per heavy atom. The van der Waals surface area contributed by atoms with E-state index in [1.807, 2.05) is 0 Å². The number of benzene rings is 1. The van der Waals surface area contributed by atoms with Gasteiger partial charge in [0, 0.05) is 12.1 Å². The van der Waals surface area contributed by atoms with E-state index in [2.05, 4.69) is 15.9 Å². The number of hydrogen-bond acceptors (Lipinski definition) is 5. The van der Waals surface area contributed by atoms with Crippen molar-refractivity contribution >= 4 is 27.4 Å². The summed E-state index contributed by atoms with van der Waals surface area (Å²) in [6.07, 6.45) is 0. The molecule has 0 fully saturated rings. The normalized spacial score (nSPS) is 9.47. The Kier molecular flexibility index (Phi) is 4.17. The van der Waals surface area contributed by atoms with Crippen LogP contribution in [0.15, 0.2) is 12.1 Å². The summed E-state index contributed by atoms with van der Waals surface area (Å²) in [5.41, 5.74) is -0.326. The molecule has 1 aromatic carbocycles. The smallest absolute Gasteiger partial charge is 0.271 e. The van der Waals surface area contributed by atoms with Gasteiger partial charge >= 0.3 is 0 Å². The number of ether oxygens (including phenoxy) is 1. The number of rotatable bonds is 4. The zero-order valence-electron chi connectivity index (χ0n) is 8.77. The van der Waals surface area contributed by atoms with Crippen molar-refractivity contribution in [2.45, 2.75) is 0 Å². The molecule has 0 N–H and O–H groups in total. The number of nitro groups is 1. The second-order valence-corrected chi connectivity index (χ2v) is 3.56. The summed E-state index contributed by atoms with van der Waals surface area (Å²) >= 11 is 2.97. The molecule has 88 valence electrons. The van der Waals surface area contributed by atoms with E-state index in [4.69, 9.17) is 10.00 Å². The molecule has 0 spiro atoms. The summed E-state index contributed by atoms with van der Waals surface area (Å²) < 4.78 is 4.94. The average molecular weight is 299 g/mol. The molecule has 0 amide bonds. The molecule has 1 rings (SSSR count).